The number of rotatable bonds is 5. The summed E-state index contributed by atoms with van der Waals surface area (Å²) in [7, 11) is 1.65. The van der Waals surface area contributed by atoms with Gasteiger partial charge in [0, 0.05) is 13.0 Å². The van der Waals surface area contributed by atoms with Gasteiger partial charge in [0.05, 0.1) is 12.1 Å². The van der Waals surface area contributed by atoms with Crippen molar-refractivity contribution in [1.29, 1.82) is 0 Å². The minimum Gasteiger partial charge on any atom is -0.382 e. The van der Waals surface area contributed by atoms with Crippen LogP contribution in [0.25, 0.3) is 0 Å². The number of ether oxygens (including phenoxy) is 1. The van der Waals surface area contributed by atoms with Crippen LogP contribution in [-0.2, 0) is 9.53 Å². The third-order valence-electron chi connectivity index (χ3n) is 2.90. The molecule has 0 aromatic heterocycles. The van der Waals surface area contributed by atoms with Crippen LogP contribution in [0.15, 0.2) is 0 Å². The molecule has 4 nitrogen and oxygen atoms in total. The van der Waals surface area contributed by atoms with Gasteiger partial charge in [-0.25, -0.2) is 0 Å². The van der Waals surface area contributed by atoms with Gasteiger partial charge in [0.2, 0.25) is 5.91 Å². The number of hydrogen-bond donors (Lipinski definition) is 2. The molecule has 0 radical (unpaired) electrons. The molecule has 2 N–H and O–H groups in total. The average Bonchev–Trinajstić information content (AvgIpc) is 1.99. The molecule has 0 saturated carbocycles. The molecule has 1 atom stereocenters. The molecule has 1 heterocycles. The average molecular weight is 214 g/mol. The Morgan fingerprint density at radius 1 is 1.60 bits per heavy atom. The summed E-state index contributed by atoms with van der Waals surface area (Å²) in [6.45, 7) is 8.39. The fraction of sp³-hybridized carbons (Fsp3) is 0.909. The Kier molecular flexibility index (Phi) is 4.11. The minimum absolute atomic E-state index is 0.0855. The second-order valence-electron chi connectivity index (χ2n) is 5.01. The molecule has 1 amide bonds. The number of carbonyl (C=O) groups excluding carboxylic acids is 1. The minimum atomic E-state index is -0.280. The SMILES string of the molecule is COCC(C)(C)NC(=O)C(C)C1CNC1. The third kappa shape index (κ3) is 3.47. The van der Waals surface area contributed by atoms with Crippen molar-refractivity contribution in [3.63, 3.8) is 0 Å². The molecule has 0 bridgehead atoms. The van der Waals surface area contributed by atoms with Gasteiger partial charge in [-0.15, -0.1) is 0 Å². The molecule has 1 aliphatic heterocycles. The maximum absolute atomic E-state index is 11.9. The van der Waals surface area contributed by atoms with Gasteiger partial charge in [-0.3, -0.25) is 4.79 Å². The van der Waals surface area contributed by atoms with E-state index in [9.17, 15) is 4.79 Å². The lowest BCUT2D eigenvalue weighted by Crippen LogP contribution is -2.54. The van der Waals surface area contributed by atoms with Gasteiger partial charge in [-0.1, -0.05) is 6.92 Å². The molecule has 0 aromatic carbocycles. The van der Waals surface area contributed by atoms with Crippen LogP contribution in [0.4, 0.5) is 0 Å². The van der Waals surface area contributed by atoms with E-state index in [-0.39, 0.29) is 17.4 Å². The summed E-state index contributed by atoms with van der Waals surface area (Å²) < 4.78 is 5.06. The highest BCUT2D eigenvalue weighted by Gasteiger charge is 2.31. The van der Waals surface area contributed by atoms with Crippen molar-refractivity contribution >= 4 is 5.91 Å². The summed E-state index contributed by atoms with van der Waals surface area (Å²) in [4.78, 5) is 11.9. The highest BCUT2D eigenvalue weighted by Crippen LogP contribution is 2.17. The summed E-state index contributed by atoms with van der Waals surface area (Å²) in [5.74, 6) is 0.703. The molecule has 15 heavy (non-hydrogen) atoms. The molecule has 1 saturated heterocycles. The van der Waals surface area contributed by atoms with E-state index in [4.69, 9.17) is 4.74 Å². The molecule has 0 aromatic rings. The molecule has 0 aliphatic carbocycles. The van der Waals surface area contributed by atoms with Crippen molar-refractivity contribution in [2.45, 2.75) is 26.3 Å². The first-order valence-electron chi connectivity index (χ1n) is 5.48. The molecule has 1 unspecified atom stereocenters. The molecule has 0 spiro atoms. The predicted molar refractivity (Wildman–Crippen MR) is 59.6 cm³/mol. The quantitative estimate of drug-likeness (QED) is 0.696. The lowest BCUT2D eigenvalue weighted by Gasteiger charge is -2.34. The van der Waals surface area contributed by atoms with Crippen LogP contribution in [0, 0.1) is 11.8 Å². The van der Waals surface area contributed by atoms with E-state index < -0.39 is 0 Å². The zero-order chi connectivity index (χ0) is 11.5. The van der Waals surface area contributed by atoms with Crippen molar-refractivity contribution < 1.29 is 9.53 Å². The number of carbonyl (C=O) groups is 1. The summed E-state index contributed by atoms with van der Waals surface area (Å²) in [6.07, 6.45) is 0. The highest BCUT2D eigenvalue weighted by atomic mass is 16.5. The van der Waals surface area contributed by atoms with E-state index in [1.165, 1.54) is 0 Å². The smallest absolute Gasteiger partial charge is 0.223 e. The van der Waals surface area contributed by atoms with Crippen LogP contribution in [0.1, 0.15) is 20.8 Å². The van der Waals surface area contributed by atoms with Gasteiger partial charge in [0.1, 0.15) is 0 Å². The molecule has 4 heteroatoms. The molecule has 1 fully saturated rings. The topological polar surface area (TPSA) is 50.4 Å². The summed E-state index contributed by atoms with van der Waals surface area (Å²) >= 11 is 0. The number of hydrogen-bond acceptors (Lipinski definition) is 3. The largest absolute Gasteiger partial charge is 0.382 e. The van der Waals surface area contributed by atoms with Crippen molar-refractivity contribution in [3.8, 4) is 0 Å². The Morgan fingerprint density at radius 2 is 2.20 bits per heavy atom. The van der Waals surface area contributed by atoms with Crippen LogP contribution in [0.3, 0.4) is 0 Å². The van der Waals surface area contributed by atoms with Gasteiger partial charge in [0.15, 0.2) is 0 Å². The number of nitrogens with one attached hydrogen (secondary N) is 2. The molecule has 1 aliphatic rings. The van der Waals surface area contributed by atoms with Gasteiger partial charge in [-0.2, -0.15) is 0 Å². The van der Waals surface area contributed by atoms with E-state index in [1.807, 2.05) is 20.8 Å². The van der Waals surface area contributed by atoms with Crippen LogP contribution < -0.4 is 10.6 Å². The number of methoxy groups -OCH3 is 1. The Bertz CT molecular complexity index is 225. The van der Waals surface area contributed by atoms with Crippen LogP contribution >= 0.6 is 0 Å². The standard InChI is InChI=1S/C11H22N2O2/c1-8(9-5-12-6-9)10(14)13-11(2,3)7-15-4/h8-9,12H,5-7H2,1-4H3,(H,13,14). The highest BCUT2D eigenvalue weighted by molar-refractivity contribution is 5.79. The van der Waals surface area contributed by atoms with E-state index >= 15 is 0 Å². The van der Waals surface area contributed by atoms with Crippen molar-refractivity contribution in [1.82, 2.24) is 10.6 Å². The Morgan fingerprint density at radius 3 is 2.60 bits per heavy atom. The van der Waals surface area contributed by atoms with Crippen molar-refractivity contribution in [2.75, 3.05) is 26.8 Å². The first kappa shape index (κ1) is 12.5. The third-order valence-corrected chi connectivity index (χ3v) is 2.90. The zero-order valence-corrected chi connectivity index (χ0v) is 10.1. The molecule has 88 valence electrons. The van der Waals surface area contributed by atoms with Gasteiger partial charge < -0.3 is 15.4 Å². The Labute approximate surface area is 91.8 Å². The maximum Gasteiger partial charge on any atom is 0.223 e. The zero-order valence-electron chi connectivity index (χ0n) is 10.1. The fourth-order valence-corrected chi connectivity index (χ4v) is 1.72. The van der Waals surface area contributed by atoms with E-state index in [0.717, 1.165) is 13.1 Å². The van der Waals surface area contributed by atoms with Crippen LogP contribution in [0.2, 0.25) is 0 Å². The van der Waals surface area contributed by atoms with Crippen LogP contribution in [-0.4, -0.2) is 38.3 Å². The first-order chi connectivity index (χ1) is 6.96. The van der Waals surface area contributed by atoms with Crippen molar-refractivity contribution in [3.05, 3.63) is 0 Å². The molecule has 1 rings (SSSR count). The lowest BCUT2D eigenvalue weighted by atomic mass is 9.87. The monoisotopic (exact) mass is 214 g/mol. The van der Waals surface area contributed by atoms with Crippen LogP contribution in [0.5, 0.6) is 0 Å². The fourth-order valence-electron chi connectivity index (χ4n) is 1.72. The lowest BCUT2D eigenvalue weighted by molar-refractivity contribution is -0.129. The first-order valence-corrected chi connectivity index (χ1v) is 5.48. The second kappa shape index (κ2) is 4.94. The van der Waals surface area contributed by atoms with Gasteiger partial charge >= 0.3 is 0 Å². The Hall–Kier alpha value is -0.610. The molecular formula is C11H22N2O2. The summed E-state index contributed by atoms with van der Waals surface area (Å²) in [6, 6.07) is 0. The summed E-state index contributed by atoms with van der Waals surface area (Å²) in [5, 5.41) is 6.19. The predicted octanol–water partition coefficient (Wildman–Crippen LogP) is 0.383. The van der Waals surface area contributed by atoms with Crippen molar-refractivity contribution in [2.24, 2.45) is 11.8 Å². The van der Waals surface area contributed by atoms with E-state index in [2.05, 4.69) is 10.6 Å². The van der Waals surface area contributed by atoms with E-state index in [0.29, 0.717) is 12.5 Å². The maximum atomic E-state index is 11.9. The molecular weight excluding hydrogens is 192 g/mol. The Balaban J connectivity index is 2.39. The van der Waals surface area contributed by atoms with Gasteiger partial charge in [-0.05, 0) is 32.9 Å². The normalized spacial score (nSPS) is 19.5. The summed E-state index contributed by atoms with van der Waals surface area (Å²) in [5.41, 5.74) is -0.280. The van der Waals surface area contributed by atoms with Gasteiger partial charge in [0.25, 0.3) is 0 Å². The second-order valence-corrected chi connectivity index (χ2v) is 5.01. The van der Waals surface area contributed by atoms with E-state index in [1.54, 1.807) is 7.11 Å². The number of amides is 1.